The highest BCUT2D eigenvalue weighted by Gasteiger charge is 2.16. The standard InChI is InChI=1S/C12H12ClN3O4S/c13-9-1-3-10(4-2-9)15-21(19,20)11-7-14-16(8-11)6-5-12(17)18/h1-4,7-8,15H,5-6H2,(H,17,18). The molecule has 112 valence electrons. The number of aryl methyl sites for hydroxylation is 1. The normalized spacial score (nSPS) is 11.3. The van der Waals surface area contributed by atoms with Crippen molar-refractivity contribution < 1.29 is 18.3 Å². The van der Waals surface area contributed by atoms with Crippen LogP contribution in [0.2, 0.25) is 5.02 Å². The average Bonchev–Trinajstić information content (AvgIpc) is 2.88. The lowest BCUT2D eigenvalue weighted by Crippen LogP contribution is -2.12. The summed E-state index contributed by atoms with van der Waals surface area (Å²) in [6.07, 6.45) is 2.31. The summed E-state index contributed by atoms with van der Waals surface area (Å²) in [6.45, 7) is 0.103. The first kappa shape index (κ1) is 15.3. The van der Waals surface area contributed by atoms with Crippen molar-refractivity contribution in [2.45, 2.75) is 17.9 Å². The average molecular weight is 330 g/mol. The van der Waals surface area contributed by atoms with Gasteiger partial charge in [-0.2, -0.15) is 5.10 Å². The molecule has 2 rings (SSSR count). The molecule has 0 amide bonds. The highest BCUT2D eigenvalue weighted by Crippen LogP contribution is 2.18. The van der Waals surface area contributed by atoms with Crippen LogP contribution in [0.5, 0.6) is 0 Å². The van der Waals surface area contributed by atoms with E-state index < -0.39 is 16.0 Å². The molecule has 0 unspecified atom stereocenters. The number of anilines is 1. The van der Waals surface area contributed by atoms with Crippen LogP contribution in [0.15, 0.2) is 41.6 Å². The molecule has 7 nitrogen and oxygen atoms in total. The van der Waals surface area contributed by atoms with Gasteiger partial charge in [0, 0.05) is 16.9 Å². The van der Waals surface area contributed by atoms with Crippen molar-refractivity contribution in [2.24, 2.45) is 0 Å². The maximum absolute atomic E-state index is 12.1. The van der Waals surface area contributed by atoms with Gasteiger partial charge in [0.05, 0.1) is 19.2 Å². The van der Waals surface area contributed by atoms with Gasteiger partial charge < -0.3 is 5.11 Å². The largest absolute Gasteiger partial charge is 0.481 e. The third-order valence-corrected chi connectivity index (χ3v) is 4.16. The van der Waals surface area contributed by atoms with Gasteiger partial charge >= 0.3 is 5.97 Å². The lowest BCUT2D eigenvalue weighted by atomic mass is 10.3. The van der Waals surface area contributed by atoms with Crippen molar-refractivity contribution in [1.82, 2.24) is 9.78 Å². The van der Waals surface area contributed by atoms with E-state index in [-0.39, 0.29) is 17.9 Å². The number of sulfonamides is 1. The van der Waals surface area contributed by atoms with Crippen LogP contribution in [-0.4, -0.2) is 29.3 Å². The Morgan fingerprint density at radius 3 is 2.62 bits per heavy atom. The predicted octanol–water partition coefficient (Wildman–Crippen LogP) is 1.81. The Kier molecular flexibility index (Phi) is 4.49. The second-order valence-corrected chi connectivity index (χ2v) is 6.31. The molecule has 0 radical (unpaired) electrons. The molecule has 0 saturated heterocycles. The van der Waals surface area contributed by atoms with Gasteiger partial charge in [0.1, 0.15) is 4.90 Å². The number of aliphatic carboxylic acids is 1. The van der Waals surface area contributed by atoms with Gasteiger partial charge in [0.15, 0.2) is 0 Å². The summed E-state index contributed by atoms with van der Waals surface area (Å²) in [5, 5.41) is 12.9. The monoisotopic (exact) mass is 329 g/mol. The van der Waals surface area contributed by atoms with Crippen LogP contribution >= 0.6 is 11.6 Å². The molecule has 0 fully saturated rings. The summed E-state index contributed by atoms with van der Waals surface area (Å²) in [5.41, 5.74) is 0.373. The SMILES string of the molecule is O=C(O)CCn1cc(S(=O)(=O)Nc2ccc(Cl)cc2)cn1. The van der Waals surface area contributed by atoms with E-state index in [1.165, 1.54) is 29.2 Å². The van der Waals surface area contributed by atoms with Crippen molar-refractivity contribution in [3.8, 4) is 0 Å². The quantitative estimate of drug-likeness (QED) is 0.841. The minimum atomic E-state index is -3.77. The van der Waals surface area contributed by atoms with Crippen molar-refractivity contribution in [3.63, 3.8) is 0 Å². The van der Waals surface area contributed by atoms with Crippen molar-refractivity contribution >= 4 is 33.3 Å². The van der Waals surface area contributed by atoms with E-state index in [4.69, 9.17) is 16.7 Å². The van der Waals surface area contributed by atoms with Gasteiger partial charge in [-0.25, -0.2) is 8.42 Å². The number of carboxylic acids is 1. The van der Waals surface area contributed by atoms with E-state index in [0.717, 1.165) is 0 Å². The third-order valence-electron chi connectivity index (χ3n) is 2.57. The molecule has 1 aromatic carbocycles. The number of rotatable bonds is 6. The highest BCUT2D eigenvalue weighted by molar-refractivity contribution is 7.92. The molecule has 9 heteroatoms. The van der Waals surface area contributed by atoms with E-state index in [2.05, 4.69) is 9.82 Å². The fourth-order valence-electron chi connectivity index (χ4n) is 1.55. The van der Waals surface area contributed by atoms with Crippen molar-refractivity contribution in [2.75, 3.05) is 4.72 Å². The van der Waals surface area contributed by atoms with Gasteiger partial charge in [0.25, 0.3) is 10.0 Å². The Morgan fingerprint density at radius 1 is 1.33 bits per heavy atom. The molecule has 1 heterocycles. The summed E-state index contributed by atoms with van der Waals surface area (Å²) < 4.78 is 27.9. The number of carbonyl (C=O) groups is 1. The van der Waals surface area contributed by atoms with E-state index in [0.29, 0.717) is 10.7 Å². The van der Waals surface area contributed by atoms with Crippen molar-refractivity contribution in [1.29, 1.82) is 0 Å². The number of halogens is 1. The van der Waals surface area contributed by atoms with Gasteiger partial charge in [-0.1, -0.05) is 11.6 Å². The van der Waals surface area contributed by atoms with Crippen LogP contribution < -0.4 is 4.72 Å². The summed E-state index contributed by atoms with van der Waals surface area (Å²) in [7, 11) is -3.77. The second kappa shape index (κ2) is 6.15. The Labute approximate surface area is 126 Å². The number of aromatic nitrogens is 2. The number of hydrogen-bond acceptors (Lipinski definition) is 4. The minimum absolute atomic E-state index is 0.0390. The molecule has 21 heavy (non-hydrogen) atoms. The number of hydrogen-bond donors (Lipinski definition) is 2. The van der Waals surface area contributed by atoms with Crippen LogP contribution in [0.4, 0.5) is 5.69 Å². The molecule has 0 saturated carbocycles. The maximum atomic E-state index is 12.1. The molecule has 0 bridgehead atoms. The third kappa shape index (κ3) is 4.20. The number of carboxylic acid groups (broad SMARTS) is 1. The molecule has 0 spiro atoms. The summed E-state index contributed by atoms with van der Waals surface area (Å²) in [5.74, 6) is -0.978. The molecular weight excluding hydrogens is 318 g/mol. The number of nitrogens with zero attached hydrogens (tertiary/aromatic N) is 2. The van der Waals surface area contributed by atoms with E-state index in [1.807, 2.05) is 0 Å². The van der Waals surface area contributed by atoms with E-state index in [9.17, 15) is 13.2 Å². The molecular formula is C12H12ClN3O4S. The first-order valence-corrected chi connectivity index (χ1v) is 7.75. The number of nitrogens with one attached hydrogen (secondary N) is 1. The predicted molar refractivity (Wildman–Crippen MR) is 76.7 cm³/mol. The zero-order chi connectivity index (χ0) is 15.5. The second-order valence-electron chi connectivity index (χ2n) is 4.20. The molecule has 0 aliphatic rings. The van der Waals surface area contributed by atoms with Gasteiger partial charge in [0.2, 0.25) is 0 Å². The van der Waals surface area contributed by atoms with E-state index >= 15 is 0 Å². The molecule has 2 aromatic rings. The van der Waals surface area contributed by atoms with Crippen LogP contribution in [0.25, 0.3) is 0 Å². The fourth-order valence-corrected chi connectivity index (χ4v) is 2.68. The Hall–Kier alpha value is -2.06. The molecule has 0 atom stereocenters. The summed E-state index contributed by atoms with van der Waals surface area (Å²) in [6, 6.07) is 6.20. The Balaban J connectivity index is 2.12. The fraction of sp³-hybridized carbons (Fsp3) is 0.167. The first-order valence-electron chi connectivity index (χ1n) is 5.89. The molecule has 0 aliphatic carbocycles. The van der Waals surface area contributed by atoms with Crippen molar-refractivity contribution in [3.05, 3.63) is 41.7 Å². The Bertz CT molecular complexity index is 740. The van der Waals surface area contributed by atoms with Gasteiger partial charge in [-0.3, -0.25) is 14.2 Å². The zero-order valence-corrected chi connectivity index (χ0v) is 12.3. The van der Waals surface area contributed by atoms with E-state index in [1.54, 1.807) is 12.1 Å². The molecule has 1 aromatic heterocycles. The molecule has 0 aliphatic heterocycles. The summed E-state index contributed by atoms with van der Waals surface area (Å²) in [4.78, 5) is 10.4. The van der Waals surface area contributed by atoms with Crippen LogP contribution in [-0.2, 0) is 21.4 Å². The minimum Gasteiger partial charge on any atom is -0.481 e. The smallest absolute Gasteiger partial charge is 0.305 e. The van der Waals surface area contributed by atoms with Crippen LogP contribution in [0.3, 0.4) is 0 Å². The summed E-state index contributed by atoms with van der Waals surface area (Å²) >= 11 is 5.73. The van der Waals surface area contributed by atoms with Crippen LogP contribution in [0, 0.1) is 0 Å². The first-order chi connectivity index (χ1) is 9.87. The number of benzene rings is 1. The van der Waals surface area contributed by atoms with Gasteiger partial charge in [-0.15, -0.1) is 0 Å². The maximum Gasteiger partial charge on any atom is 0.305 e. The zero-order valence-electron chi connectivity index (χ0n) is 10.7. The van der Waals surface area contributed by atoms with Crippen LogP contribution in [0.1, 0.15) is 6.42 Å². The lowest BCUT2D eigenvalue weighted by molar-refractivity contribution is -0.137. The van der Waals surface area contributed by atoms with Gasteiger partial charge in [-0.05, 0) is 24.3 Å². The lowest BCUT2D eigenvalue weighted by Gasteiger charge is -2.05. The topological polar surface area (TPSA) is 101 Å². The highest BCUT2D eigenvalue weighted by atomic mass is 35.5. The molecule has 2 N–H and O–H groups in total. The Morgan fingerprint density at radius 2 is 2.00 bits per heavy atom.